The van der Waals surface area contributed by atoms with Crippen molar-refractivity contribution in [3.63, 3.8) is 0 Å². The summed E-state index contributed by atoms with van der Waals surface area (Å²) < 4.78 is 56.2. The number of aryl methyl sites for hydroxylation is 1. The average molecular weight is 343 g/mol. The number of aromatic amines is 1. The van der Waals surface area contributed by atoms with E-state index in [9.17, 15) is 17.2 Å². The predicted octanol–water partition coefficient (Wildman–Crippen LogP) is 2.37. The molecule has 1 aromatic heterocycles. The van der Waals surface area contributed by atoms with Crippen LogP contribution < -0.4 is 9.46 Å². The number of sulfonamides is 1. The molecule has 0 saturated heterocycles. The van der Waals surface area contributed by atoms with Gasteiger partial charge >= 0.3 is 6.61 Å². The Bertz CT molecular complexity index is 779. The van der Waals surface area contributed by atoms with Crippen molar-refractivity contribution in [2.45, 2.75) is 36.8 Å². The van der Waals surface area contributed by atoms with Gasteiger partial charge < -0.3 is 4.74 Å². The third-order valence-electron chi connectivity index (χ3n) is 3.73. The summed E-state index contributed by atoms with van der Waals surface area (Å²) >= 11 is 0. The van der Waals surface area contributed by atoms with Crippen LogP contribution in [0.2, 0.25) is 0 Å². The number of nitrogens with zero attached hydrogens (tertiary/aromatic N) is 1. The molecule has 1 atom stereocenters. The molecule has 1 aliphatic rings. The van der Waals surface area contributed by atoms with Crippen molar-refractivity contribution in [2.75, 3.05) is 0 Å². The molecule has 124 valence electrons. The van der Waals surface area contributed by atoms with Gasteiger partial charge in [-0.2, -0.15) is 13.9 Å². The molecule has 0 amide bonds. The second-order valence-electron chi connectivity index (χ2n) is 5.24. The van der Waals surface area contributed by atoms with E-state index < -0.39 is 22.7 Å². The Morgan fingerprint density at radius 2 is 2.22 bits per heavy atom. The van der Waals surface area contributed by atoms with Crippen LogP contribution in [0.1, 0.15) is 30.0 Å². The fraction of sp³-hybridized carbons (Fsp3) is 0.357. The molecular formula is C14H15F2N3O3S. The molecule has 9 heteroatoms. The highest BCUT2D eigenvalue weighted by Gasteiger charge is 2.26. The number of ether oxygens (including phenoxy) is 1. The smallest absolute Gasteiger partial charge is 0.387 e. The lowest BCUT2D eigenvalue weighted by atomic mass is 9.88. The number of nitrogens with one attached hydrogen (secondary N) is 2. The van der Waals surface area contributed by atoms with Crippen LogP contribution in [0.4, 0.5) is 8.78 Å². The normalized spacial score (nSPS) is 18.0. The molecule has 2 N–H and O–H groups in total. The summed E-state index contributed by atoms with van der Waals surface area (Å²) in [6.07, 6.45) is 4.61. The van der Waals surface area contributed by atoms with Gasteiger partial charge in [-0.3, -0.25) is 5.10 Å². The van der Waals surface area contributed by atoms with E-state index in [-0.39, 0.29) is 10.6 Å². The van der Waals surface area contributed by atoms with Crippen molar-refractivity contribution in [3.05, 3.63) is 41.7 Å². The van der Waals surface area contributed by atoms with Gasteiger partial charge in [0.05, 0.1) is 6.20 Å². The monoisotopic (exact) mass is 343 g/mol. The van der Waals surface area contributed by atoms with Gasteiger partial charge in [-0.15, -0.1) is 0 Å². The first-order valence-electron chi connectivity index (χ1n) is 7.04. The Labute approximate surface area is 131 Å². The second kappa shape index (κ2) is 6.25. The van der Waals surface area contributed by atoms with E-state index in [1.54, 1.807) is 12.1 Å². The van der Waals surface area contributed by atoms with E-state index in [2.05, 4.69) is 19.7 Å². The van der Waals surface area contributed by atoms with E-state index in [4.69, 9.17) is 0 Å². The second-order valence-corrected chi connectivity index (χ2v) is 6.95. The Kier molecular flexibility index (Phi) is 4.31. The largest absolute Gasteiger partial charge is 0.435 e. The third kappa shape index (κ3) is 3.50. The molecule has 0 saturated carbocycles. The lowest BCUT2D eigenvalue weighted by Gasteiger charge is -2.26. The number of hydrogen-bond donors (Lipinski definition) is 2. The molecule has 0 bridgehead atoms. The van der Waals surface area contributed by atoms with Crippen LogP contribution in [0, 0.1) is 0 Å². The van der Waals surface area contributed by atoms with Crippen molar-refractivity contribution < 1.29 is 21.9 Å². The van der Waals surface area contributed by atoms with Gasteiger partial charge in [-0.1, -0.05) is 6.07 Å². The van der Waals surface area contributed by atoms with Gasteiger partial charge in [0.2, 0.25) is 10.0 Å². The van der Waals surface area contributed by atoms with E-state index >= 15 is 0 Å². The van der Waals surface area contributed by atoms with E-state index in [0.29, 0.717) is 12.8 Å². The number of benzene rings is 1. The molecule has 23 heavy (non-hydrogen) atoms. The lowest BCUT2D eigenvalue weighted by molar-refractivity contribution is -0.0499. The maximum Gasteiger partial charge on any atom is 0.387 e. The number of rotatable bonds is 5. The molecule has 3 rings (SSSR count). The highest BCUT2D eigenvalue weighted by Crippen LogP contribution is 2.33. The Balaban J connectivity index is 1.84. The van der Waals surface area contributed by atoms with Crippen LogP contribution in [0.3, 0.4) is 0 Å². The zero-order valence-corrected chi connectivity index (χ0v) is 12.8. The van der Waals surface area contributed by atoms with Gasteiger partial charge in [-0.05, 0) is 42.5 Å². The summed E-state index contributed by atoms with van der Waals surface area (Å²) in [5.41, 5.74) is 1.60. The summed E-state index contributed by atoms with van der Waals surface area (Å²) in [6, 6.07) is 4.20. The van der Waals surface area contributed by atoms with Crippen molar-refractivity contribution in [1.29, 1.82) is 0 Å². The maximum absolute atomic E-state index is 12.3. The number of aromatic nitrogens is 2. The fourth-order valence-corrected chi connectivity index (χ4v) is 3.89. The molecule has 1 heterocycles. The molecule has 1 unspecified atom stereocenters. The van der Waals surface area contributed by atoms with Crippen LogP contribution in [0.25, 0.3) is 0 Å². The van der Waals surface area contributed by atoms with Gasteiger partial charge in [0.1, 0.15) is 10.6 Å². The Morgan fingerprint density at radius 3 is 2.91 bits per heavy atom. The Morgan fingerprint density at radius 1 is 1.39 bits per heavy atom. The first kappa shape index (κ1) is 15.9. The highest BCUT2D eigenvalue weighted by molar-refractivity contribution is 7.89. The summed E-state index contributed by atoms with van der Waals surface area (Å²) in [5.74, 6) is 0.0806. The van der Waals surface area contributed by atoms with E-state index in [0.717, 1.165) is 17.5 Å². The zero-order chi connectivity index (χ0) is 16.4. The van der Waals surface area contributed by atoms with Crippen LogP contribution in [-0.4, -0.2) is 25.2 Å². The minimum atomic E-state index is -3.68. The standard InChI is InChI=1S/C14H15F2N3O3S/c15-14(16)22-10-4-5-12-9(6-10)2-1-3-13(12)19-23(20,21)11-7-17-18-8-11/h4-8,13-14,19H,1-3H2,(H,17,18). The predicted molar refractivity (Wildman–Crippen MR) is 77.7 cm³/mol. The Hall–Kier alpha value is -2.00. The number of fused-ring (bicyclic) bond motifs is 1. The number of H-pyrrole nitrogens is 1. The van der Waals surface area contributed by atoms with Crippen molar-refractivity contribution in [1.82, 2.24) is 14.9 Å². The highest BCUT2D eigenvalue weighted by atomic mass is 32.2. The summed E-state index contributed by atoms with van der Waals surface area (Å²) in [4.78, 5) is 0.0577. The number of hydrogen-bond acceptors (Lipinski definition) is 4. The van der Waals surface area contributed by atoms with Crippen LogP contribution in [0.15, 0.2) is 35.5 Å². The number of alkyl halides is 2. The lowest BCUT2D eigenvalue weighted by Crippen LogP contribution is -2.30. The van der Waals surface area contributed by atoms with Crippen molar-refractivity contribution in [3.8, 4) is 5.75 Å². The molecule has 6 nitrogen and oxygen atoms in total. The van der Waals surface area contributed by atoms with Crippen molar-refractivity contribution >= 4 is 10.0 Å². The molecular weight excluding hydrogens is 328 g/mol. The molecule has 0 aliphatic heterocycles. The van der Waals surface area contributed by atoms with Crippen LogP contribution in [0.5, 0.6) is 5.75 Å². The van der Waals surface area contributed by atoms with E-state index in [1.165, 1.54) is 18.5 Å². The van der Waals surface area contributed by atoms with Gasteiger partial charge in [0.25, 0.3) is 0 Å². The zero-order valence-electron chi connectivity index (χ0n) is 12.0. The molecule has 1 aliphatic carbocycles. The summed E-state index contributed by atoms with van der Waals surface area (Å²) in [6.45, 7) is -2.88. The first-order chi connectivity index (χ1) is 11.0. The molecule has 0 radical (unpaired) electrons. The summed E-state index contributed by atoms with van der Waals surface area (Å²) in [5, 5.41) is 6.09. The van der Waals surface area contributed by atoms with Crippen LogP contribution >= 0.6 is 0 Å². The summed E-state index contributed by atoms with van der Waals surface area (Å²) in [7, 11) is -3.68. The minimum Gasteiger partial charge on any atom is -0.435 e. The molecule has 0 spiro atoms. The van der Waals surface area contributed by atoms with E-state index in [1.807, 2.05) is 0 Å². The third-order valence-corrected chi connectivity index (χ3v) is 5.17. The maximum atomic E-state index is 12.3. The van der Waals surface area contributed by atoms with Gasteiger partial charge in [0, 0.05) is 12.2 Å². The van der Waals surface area contributed by atoms with Gasteiger partial charge in [-0.25, -0.2) is 13.1 Å². The number of halogens is 2. The quantitative estimate of drug-likeness (QED) is 0.873. The molecule has 2 aromatic rings. The fourth-order valence-electron chi connectivity index (χ4n) is 2.73. The molecule has 0 fully saturated rings. The van der Waals surface area contributed by atoms with Gasteiger partial charge in [0.15, 0.2) is 0 Å². The SMILES string of the molecule is O=S(=O)(NC1CCCc2cc(OC(F)F)ccc21)c1cn[nH]c1. The van der Waals surface area contributed by atoms with Crippen LogP contribution in [-0.2, 0) is 16.4 Å². The average Bonchev–Trinajstić information content (AvgIpc) is 3.01. The van der Waals surface area contributed by atoms with Crippen molar-refractivity contribution in [2.24, 2.45) is 0 Å². The molecule has 1 aromatic carbocycles. The minimum absolute atomic E-state index is 0.0577. The topological polar surface area (TPSA) is 84.1 Å². The first-order valence-corrected chi connectivity index (χ1v) is 8.53.